The lowest BCUT2D eigenvalue weighted by Gasteiger charge is -2.16. The number of nitrogens with zero attached hydrogens (tertiary/aromatic N) is 1. The molecule has 0 unspecified atom stereocenters. The van der Waals surface area contributed by atoms with Gasteiger partial charge in [0.05, 0.1) is 11.1 Å². The van der Waals surface area contributed by atoms with Gasteiger partial charge in [0.15, 0.2) is 5.76 Å². The Morgan fingerprint density at radius 2 is 2.12 bits per heavy atom. The SMILES string of the molecule is Cc1csc(C(=O)Nc2ccc3c(c2)N(C(=O)c2ccco2)CC3)c1. The molecule has 1 N–H and O–H groups in total. The molecule has 25 heavy (non-hydrogen) atoms. The summed E-state index contributed by atoms with van der Waals surface area (Å²) in [6.45, 7) is 2.57. The lowest BCUT2D eigenvalue weighted by molar-refractivity contribution is 0.0962. The van der Waals surface area contributed by atoms with E-state index >= 15 is 0 Å². The minimum Gasteiger partial charge on any atom is -0.459 e. The van der Waals surface area contributed by atoms with Gasteiger partial charge in [-0.05, 0) is 60.2 Å². The first-order valence-electron chi connectivity index (χ1n) is 7.96. The maximum atomic E-state index is 12.6. The van der Waals surface area contributed by atoms with Gasteiger partial charge in [0, 0.05) is 17.9 Å². The van der Waals surface area contributed by atoms with E-state index in [4.69, 9.17) is 4.42 Å². The lowest BCUT2D eigenvalue weighted by Crippen LogP contribution is -2.28. The molecule has 0 spiro atoms. The predicted molar refractivity (Wildman–Crippen MR) is 97.5 cm³/mol. The molecule has 3 aromatic rings. The van der Waals surface area contributed by atoms with Gasteiger partial charge < -0.3 is 14.6 Å². The molecule has 1 aliphatic heterocycles. The number of furan rings is 1. The Balaban J connectivity index is 1.58. The molecule has 1 aromatic carbocycles. The summed E-state index contributed by atoms with van der Waals surface area (Å²) in [5, 5.41) is 4.85. The smallest absolute Gasteiger partial charge is 0.293 e. The summed E-state index contributed by atoms with van der Waals surface area (Å²) in [6, 6.07) is 10.9. The Kier molecular flexibility index (Phi) is 3.89. The van der Waals surface area contributed by atoms with Crippen molar-refractivity contribution in [1.29, 1.82) is 0 Å². The van der Waals surface area contributed by atoms with Gasteiger partial charge in [-0.15, -0.1) is 11.3 Å². The van der Waals surface area contributed by atoms with E-state index in [1.165, 1.54) is 17.6 Å². The fourth-order valence-electron chi connectivity index (χ4n) is 2.94. The van der Waals surface area contributed by atoms with E-state index in [1.54, 1.807) is 17.0 Å². The number of carbonyl (C=O) groups excluding carboxylic acids is 2. The van der Waals surface area contributed by atoms with Crippen LogP contribution in [0.25, 0.3) is 0 Å². The van der Waals surface area contributed by atoms with Crippen LogP contribution in [0.1, 0.15) is 31.4 Å². The first-order chi connectivity index (χ1) is 12.1. The highest BCUT2D eigenvalue weighted by molar-refractivity contribution is 7.12. The van der Waals surface area contributed by atoms with Crippen LogP contribution in [0.15, 0.2) is 52.5 Å². The van der Waals surface area contributed by atoms with Crippen molar-refractivity contribution in [3.05, 3.63) is 69.8 Å². The predicted octanol–water partition coefficient (Wildman–Crippen LogP) is 4.10. The van der Waals surface area contributed by atoms with E-state index in [1.807, 2.05) is 36.6 Å². The molecule has 0 aliphatic carbocycles. The van der Waals surface area contributed by atoms with Crippen LogP contribution in [0, 0.1) is 6.92 Å². The summed E-state index contributed by atoms with van der Waals surface area (Å²) in [6.07, 6.45) is 2.28. The van der Waals surface area contributed by atoms with Crippen LogP contribution in [0.2, 0.25) is 0 Å². The van der Waals surface area contributed by atoms with Crippen LogP contribution < -0.4 is 10.2 Å². The fraction of sp³-hybridized carbons (Fsp3) is 0.158. The van der Waals surface area contributed by atoms with Crippen LogP contribution in [0.4, 0.5) is 11.4 Å². The molecule has 4 rings (SSSR count). The van der Waals surface area contributed by atoms with E-state index in [2.05, 4.69) is 5.32 Å². The number of aryl methyl sites for hydroxylation is 1. The molecule has 126 valence electrons. The standard InChI is InChI=1S/C19H16N2O3S/c1-12-9-17(25-11-12)18(22)20-14-5-4-13-6-7-21(15(13)10-14)19(23)16-3-2-8-24-16/h2-5,8-11H,6-7H2,1H3,(H,20,22). The van der Waals surface area contributed by atoms with E-state index in [-0.39, 0.29) is 11.8 Å². The Morgan fingerprint density at radius 1 is 1.24 bits per heavy atom. The van der Waals surface area contributed by atoms with Crippen LogP contribution in [0.3, 0.4) is 0 Å². The minimum atomic E-state index is -0.166. The molecule has 0 bridgehead atoms. The number of carbonyl (C=O) groups is 2. The maximum absolute atomic E-state index is 12.6. The number of benzene rings is 1. The highest BCUT2D eigenvalue weighted by atomic mass is 32.1. The molecular weight excluding hydrogens is 336 g/mol. The zero-order valence-corrected chi connectivity index (χ0v) is 14.4. The Labute approximate surface area is 148 Å². The van der Waals surface area contributed by atoms with Crippen molar-refractivity contribution in [2.45, 2.75) is 13.3 Å². The van der Waals surface area contributed by atoms with Crippen molar-refractivity contribution >= 4 is 34.5 Å². The number of thiophene rings is 1. The van der Waals surface area contributed by atoms with Gasteiger partial charge >= 0.3 is 0 Å². The monoisotopic (exact) mass is 352 g/mol. The molecule has 3 heterocycles. The average Bonchev–Trinajstić information content (AvgIpc) is 3.34. The first kappa shape index (κ1) is 15.7. The summed E-state index contributed by atoms with van der Waals surface area (Å²) in [7, 11) is 0. The molecule has 1 aliphatic rings. The molecule has 2 aromatic heterocycles. The minimum absolute atomic E-state index is 0.139. The average molecular weight is 352 g/mol. The van der Waals surface area contributed by atoms with Gasteiger partial charge in [-0.3, -0.25) is 9.59 Å². The van der Waals surface area contributed by atoms with Gasteiger partial charge in [0.2, 0.25) is 0 Å². The number of nitrogens with one attached hydrogen (secondary N) is 1. The summed E-state index contributed by atoms with van der Waals surface area (Å²) < 4.78 is 5.22. The molecule has 0 saturated heterocycles. The highest BCUT2D eigenvalue weighted by Gasteiger charge is 2.27. The van der Waals surface area contributed by atoms with E-state index in [9.17, 15) is 9.59 Å². The quantitative estimate of drug-likeness (QED) is 0.772. The molecule has 5 nitrogen and oxygen atoms in total. The summed E-state index contributed by atoms with van der Waals surface area (Å²) in [5.41, 5.74) is 3.65. The third kappa shape index (κ3) is 2.96. The number of anilines is 2. The van der Waals surface area contributed by atoms with E-state index < -0.39 is 0 Å². The van der Waals surface area contributed by atoms with Crippen LogP contribution in [-0.2, 0) is 6.42 Å². The number of rotatable bonds is 3. The van der Waals surface area contributed by atoms with Gasteiger partial charge in [-0.1, -0.05) is 6.07 Å². The Bertz CT molecular complexity index is 943. The Morgan fingerprint density at radius 3 is 2.84 bits per heavy atom. The number of amides is 2. The van der Waals surface area contributed by atoms with Crippen molar-refractivity contribution in [3.63, 3.8) is 0 Å². The van der Waals surface area contributed by atoms with Gasteiger partial charge in [0.1, 0.15) is 0 Å². The molecule has 0 atom stereocenters. The number of hydrogen-bond acceptors (Lipinski definition) is 4. The van der Waals surface area contributed by atoms with Crippen LogP contribution >= 0.6 is 11.3 Å². The first-order valence-corrected chi connectivity index (χ1v) is 8.84. The van der Waals surface area contributed by atoms with Crippen LogP contribution in [0.5, 0.6) is 0 Å². The third-order valence-electron chi connectivity index (χ3n) is 4.17. The second-order valence-corrected chi connectivity index (χ2v) is 6.88. The second kappa shape index (κ2) is 6.22. The maximum Gasteiger partial charge on any atom is 0.293 e. The molecule has 0 fully saturated rings. The number of fused-ring (bicyclic) bond motifs is 1. The summed E-state index contributed by atoms with van der Waals surface area (Å²) >= 11 is 1.42. The Hall–Kier alpha value is -2.86. The second-order valence-electron chi connectivity index (χ2n) is 5.97. The van der Waals surface area contributed by atoms with Gasteiger partial charge in [0.25, 0.3) is 11.8 Å². The molecule has 0 radical (unpaired) electrons. The van der Waals surface area contributed by atoms with Gasteiger partial charge in [-0.25, -0.2) is 0 Å². The lowest BCUT2D eigenvalue weighted by atomic mass is 10.1. The summed E-state index contributed by atoms with van der Waals surface area (Å²) in [5.74, 6) is 0.0115. The zero-order chi connectivity index (χ0) is 17.4. The molecule has 6 heteroatoms. The van der Waals surface area contributed by atoms with Crippen molar-refractivity contribution in [1.82, 2.24) is 0 Å². The van der Waals surface area contributed by atoms with Crippen molar-refractivity contribution in [3.8, 4) is 0 Å². The highest BCUT2D eigenvalue weighted by Crippen LogP contribution is 2.32. The topological polar surface area (TPSA) is 62.6 Å². The fourth-order valence-corrected chi connectivity index (χ4v) is 3.74. The van der Waals surface area contributed by atoms with Gasteiger partial charge in [-0.2, -0.15) is 0 Å². The third-order valence-corrected chi connectivity index (χ3v) is 5.22. The van der Waals surface area contributed by atoms with Crippen molar-refractivity contribution in [2.75, 3.05) is 16.8 Å². The molecule has 0 saturated carbocycles. The zero-order valence-electron chi connectivity index (χ0n) is 13.6. The van der Waals surface area contributed by atoms with Crippen LogP contribution in [-0.4, -0.2) is 18.4 Å². The van der Waals surface area contributed by atoms with E-state index in [0.717, 1.165) is 23.2 Å². The normalized spacial score (nSPS) is 12.9. The molecular formula is C19H16N2O3S. The van der Waals surface area contributed by atoms with E-state index in [0.29, 0.717) is 22.9 Å². The largest absolute Gasteiger partial charge is 0.459 e. The van der Waals surface area contributed by atoms with Crippen molar-refractivity contribution < 1.29 is 14.0 Å². The van der Waals surface area contributed by atoms with Crippen molar-refractivity contribution in [2.24, 2.45) is 0 Å². The number of hydrogen-bond donors (Lipinski definition) is 1. The molecule has 2 amide bonds. The summed E-state index contributed by atoms with van der Waals surface area (Å²) in [4.78, 5) is 27.3.